The number of ether oxygens (including phenoxy) is 2. The number of aromatic nitrogens is 2. The van der Waals surface area contributed by atoms with Gasteiger partial charge in [0, 0.05) is 12.4 Å². The van der Waals surface area contributed by atoms with E-state index < -0.39 is 5.97 Å². The lowest BCUT2D eigenvalue weighted by Gasteiger charge is -2.10. The highest BCUT2D eigenvalue weighted by molar-refractivity contribution is 5.92. The molecule has 122 valence electrons. The molecule has 0 unspecified atom stereocenters. The molecule has 0 spiro atoms. The molecule has 0 aliphatic rings. The summed E-state index contributed by atoms with van der Waals surface area (Å²) < 4.78 is 12.6. The molecule has 0 aliphatic heterocycles. The van der Waals surface area contributed by atoms with Crippen LogP contribution in [0.25, 0.3) is 5.69 Å². The van der Waals surface area contributed by atoms with E-state index in [1.807, 2.05) is 49.5 Å². The van der Waals surface area contributed by atoms with Crippen LogP contribution >= 0.6 is 0 Å². The molecule has 0 bridgehead atoms. The lowest BCUT2D eigenvalue weighted by atomic mass is 10.2. The summed E-state index contributed by atoms with van der Waals surface area (Å²) in [4.78, 5) is 12.3. The molecule has 0 atom stereocenters. The van der Waals surface area contributed by atoms with Crippen molar-refractivity contribution in [2.75, 3.05) is 6.61 Å². The quantitative estimate of drug-likeness (QED) is 0.650. The van der Waals surface area contributed by atoms with Crippen LogP contribution in [0.15, 0.2) is 67.0 Å². The number of para-hydroxylation sites is 1. The van der Waals surface area contributed by atoms with Gasteiger partial charge in [-0.15, -0.1) is 0 Å². The van der Waals surface area contributed by atoms with E-state index >= 15 is 0 Å². The van der Waals surface area contributed by atoms with Gasteiger partial charge >= 0.3 is 5.97 Å². The molecule has 0 aliphatic carbocycles. The third kappa shape index (κ3) is 3.63. The Morgan fingerprint density at radius 3 is 2.58 bits per heavy atom. The molecule has 0 fully saturated rings. The van der Waals surface area contributed by atoms with Crippen molar-refractivity contribution in [3.05, 3.63) is 78.1 Å². The van der Waals surface area contributed by atoms with Gasteiger partial charge in [0.05, 0.1) is 12.3 Å². The third-order valence-corrected chi connectivity index (χ3v) is 3.48. The minimum Gasteiger partial charge on any atom is -0.493 e. The van der Waals surface area contributed by atoms with Crippen LogP contribution in [0.3, 0.4) is 0 Å². The molecule has 2 aromatic carbocycles. The summed E-state index contributed by atoms with van der Waals surface area (Å²) in [5.41, 5.74) is 2.30. The second-order valence-corrected chi connectivity index (χ2v) is 5.12. The number of carbonyl (C=O) groups is 1. The minimum atomic E-state index is -0.393. The Balaban J connectivity index is 1.64. The average molecular weight is 322 g/mol. The SMILES string of the molecule is CCOc1ccccc1C(=O)OCc1ccc(-n2cccn2)cc1. The topological polar surface area (TPSA) is 53.4 Å². The number of hydrogen-bond donors (Lipinski definition) is 0. The zero-order valence-corrected chi connectivity index (χ0v) is 13.4. The predicted molar refractivity (Wildman–Crippen MR) is 90.3 cm³/mol. The van der Waals surface area contributed by atoms with E-state index in [0.29, 0.717) is 17.9 Å². The van der Waals surface area contributed by atoms with Crippen molar-refractivity contribution in [3.63, 3.8) is 0 Å². The van der Waals surface area contributed by atoms with Crippen LogP contribution < -0.4 is 4.74 Å². The summed E-state index contributed by atoms with van der Waals surface area (Å²) >= 11 is 0. The van der Waals surface area contributed by atoms with Crippen molar-refractivity contribution in [3.8, 4) is 11.4 Å². The highest BCUT2D eigenvalue weighted by Crippen LogP contribution is 2.19. The summed E-state index contributed by atoms with van der Waals surface area (Å²) in [6.45, 7) is 2.58. The standard InChI is InChI=1S/C19H18N2O3/c1-2-23-18-7-4-3-6-17(18)19(22)24-14-15-8-10-16(11-9-15)21-13-5-12-20-21/h3-13H,2,14H2,1H3. The monoisotopic (exact) mass is 322 g/mol. The Kier molecular flexibility index (Phi) is 4.91. The van der Waals surface area contributed by atoms with Crippen LogP contribution in [0.2, 0.25) is 0 Å². The molecule has 1 heterocycles. The van der Waals surface area contributed by atoms with Crippen molar-refractivity contribution in [2.24, 2.45) is 0 Å². The molecule has 0 N–H and O–H groups in total. The molecule has 1 aromatic heterocycles. The first-order chi connectivity index (χ1) is 11.8. The Labute approximate surface area is 140 Å². The molecule has 3 aromatic rings. The second kappa shape index (κ2) is 7.46. The van der Waals surface area contributed by atoms with E-state index in [1.165, 1.54) is 0 Å². The van der Waals surface area contributed by atoms with Crippen LogP contribution in [0.4, 0.5) is 0 Å². The van der Waals surface area contributed by atoms with Crippen LogP contribution in [0.5, 0.6) is 5.75 Å². The smallest absolute Gasteiger partial charge is 0.342 e. The van der Waals surface area contributed by atoms with Gasteiger partial charge in [0.2, 0.25) is 0 Å². The molecule has 0 radical (unpaired) electrons. The number of nitrogens with zero attached hydrogens (tertiary/aromatic N) is 2. The summed E-state index contributed by atoms with van der Waals surface area (Å²) in [5, 5.41) is 4.17. The number of carbonyl (C=O) groups excluding carboxylic acids is 1. The summed E-state index contributed by atoms with van der Waals surface area (Å²) in [6.07, 6.45) is 3.60. The number of rotatable bonds is 6. The first kappa shape index (κ1) is 15.8. The molecule has 0 saturated heterocycles. The normalized spacial score (nSPS) is 10.4. The van der Waals surface area contributed by atoms with Gasteiger partial charge in [0.15, 0.2) is 0 Å². The van der Waals surface area contributed by atoms with E-state index in [1.54, 1.807) is 29.1 Å². The van der Waals surface area contributed by atoms with Crippen LogP contribution in [0.1, 0.15) is 22.8 Å². The van der Waals surface area contributed by atoms with Gasteiger partial charge in [0.25, 0.3) is 0 Å². The number of esters is 1. The average Bonchev–Trinajstić information content (AvgIpc) is 3.15. The Hall–Kier alpha value is -3.08. The van der Waals surface area contributed by atoms with Crippen LogP contribution in [-0.4, -0.2) is 22.4 Å². The van der Waals surface area contributed by atoms with Crippen molar-refractivity contribution in [1.29, 1.82) is 0 Å². The Bertz CT molecular complexity index is 796. The van der Waals surface area contributed by atoms with Gasteiger partial charge in [0.1, 0.15) is 17.9 Å². The lowest BCUT2D eigenvalue weighted by molar-refractivity contribution is 0.0468. The second-order valence-electron chi connectivity index (χ2n) is 5.12. The van der Waals surface area contributed by atoms with E-state index in [9.17, 15) is 4.79 Å². The predicted octanol–water partition coefficient (Wildman–Crippen LogP) is 3.63. The maximum absolute atomic E-state index is 12.3. The molecule has 24 heavy (non-hydrogen) atoms. The molecular formula is C19H18N2O3. The molecule has 0 amide bonds. The zero-order valence-electron chi connectivity index (χ0n) is 13.4. The van der Waals surface area contributed by atoms with Crippen molar-refractivity contribution < 1.29 is 14.3 Å². The van der Waals surface area contributed by atoms with Crippen molar-refractivity contribution >= 4 is 5.97 Å². The van der Waals surface area contributed by atoms with Crippen molar-refractivity contribution in [2.45, 2.75) is 13.5 Å². The largest absolute Gasteiger partial charge is 0.493 e. The van der Waals surface area contributed by atoms with Crippen molar-refractivity contribution in [1.82, 2.24) is 9.78 Å². The molecule has 5 nitrogen and oxygen atoms in total. The Morgan fingerprint density at radius 1 is 1.08 bits per heavy atom. The summed E-state index contributed by atoms with van der Waals surface area (Å²) in [5.74, 6) is 0.147. The van der Waals surface area contributed by atoms with Gasteiger partial charge < -0.3 is 9.47 Å². The highest BCUT2D eigenvalue weighted by Gasteiger charge is 2.13. The lowest BCUT2D eigenvalue weighted by Crippen LogP contribution is -2.08. The van der Waals surface area contributed by atoms with Gasteiger partial charge in [-0.05, 0) is 42.8 Å². The molecule has 0 saturated carbocycles. The van der Waals surface area contributed by atoms with E-state index in [-0.39, 0.29) is 6.61 Å². The fourth-order valence-corrected chi connectivity index (χ4v) is 2.31. The van der Waals surface area contributed by atoms with Gasteiger partial charge in [-0.25, -0.2) is 9.48 Å². The van der Waals surface area contributed by atoms with E-state index in [4.69, 9.17) is 9.47 Å². The van der Waals surface area contributed by atoms with Gasteiger partial charge in [-0.3, -0.25) is 0 Å². The van der Waals surface area contributed by atoms with E-state index in [2.05, 4.69) is 5.10 Å². The third-order valence-electron chi connectivity index (χ3n) is 3.48. The fraction of sp³-hybridized carbons (Fsp3) is 0.158. The van der Waals surface area contributed by atoms with Crippen LogP contribution in [-0.2, 0) is 11.3 Å². The molecule has 5 heteroatoms. The fourth-order valence-electron chi connectivity index (χ4n) is 2.31. The molecular weight excluding hydrogens is 304 g/mol. The highest BCUT2D eigenvalue weighted by atomic mass is 16.5. The first-order valence-corrected chi connectivity index (χ1v) is 7.76. The summed E-state index contributed by atoms with van der Waals surface area (Å²) in [6, 6.07) is 16.7. The maximum atomic E-state index is 12.3. The molecule has 3 rings (SSSR count). The van der Waals surface area contributed by atoms with Gasteiger partial charge in [-0.2, -0.15) is 5.10 Å². The first-order valence-electron chi connectivity index (χ1n) is 7.76. The number of hydrogen-bond acceptors (Lipinski definition) is 4. The maximum Gasteiger partial charge on any atom is 0.342 e. The van der Waals surface area contributed by atoms with Crippen LogP contribution in [0, 0.1) is 0 Å². The minimum absolute atomic E-state index is 0.207. The van der Waals surface area contributed by atoms with Gasteiger partial charge in [-0.1, -0.05) is 24.3 Å². The van der Waals surface area contributed by atoms with E-state index in [0.717, 1.165) is 11.3 Å². The summed E-state index contributed by atoms with van der Waals surface area (Å²) in [7, 11) is 0. The number of benzene rings is 2. The Morgan fingerprint density at radius 2 is 1.88 bits per heavy atom. The zero-order chi connectivity index (χ0) is 16.8.